The number of nitrogens with zero attached hydrogens (tertiary/aromatic N) is 4. The number of hydrogen-bond acceptors (Lipinski definition) is 7. The van der Waals surface area contributed by atoms with Gasteiger partial charge in [0.05, 0.1) is 23.0 Å². The molecule has 1 fully saturated rings. The normalized spacial score (nSPS) is 18.5. The number of anilines is 1. The van der Waals surface area contributed by atoms with Crippen LogP contribution in [-0.4, -0.2) is 61.8 Å². The molecule has 0 bridgehead atoms. The van der Waals surface area contributed by atoms with Crippen LogP contribution < -0.4 is 25.9 Å². The van der Waals surface area contributed by atoms with Crippen LogP contribution in [0, 0.1) is 17.1 Å². The van der Waals surface area contributed by atoms with E-state index in [1.807, 2.05) is 29.5 Å². The number of likely N-dealkylation sites (N-methyl/N-ethyl adjacent to an activating group) is 1. The first kappa shape index (κ1) is 21.1. The third-order valence-electron chi connectivity index (χ3n) is 5.77. The minimum atomic E-state index is -0.627. The quantitative estimate of drug-likeness (QED) is 0.541. The van der Waals surface area contributed by atoms with Gasteiger partial charge in [0.25, 0.3) is 5.91 Å². The molecule has 2 aromatic rings. The number of piperazine rings is 1. The van der Waals surface area contributed by atoms with Crippen molar-refractivity contribution < 1.29 is 13.9 Å². The number of hydrazine groups is 1. The number of pyridine rings is 1. The highest BCUT2D eigenvalue weighted by Crippen LogP contribution is 2.42. The van der Waals surface area contributed by atoms with Crippen LogP contribution in [0.5, 0.6) is 5.75 Å². The topological polar surface area (TPSA) is 103 Å². The van der Waals surface area contributed by atoms with Gasteiger partial charge in [-0.25, -0.2) is 9.82 Å². The van der Waals surface area contributed by atoms with Crippen molar-refractivity contribution >= 4 is 22.5 Å². The van der Waals surface area contributed by atoms with Crippen LogP contribution in [0.1, 0.15) is 29.7 Å². The number of benzene rings is 1. The van der Waals surface area contributed by atoms with E-state index in [1.54, 1.807) is 0 Å². The Morgan fingerprint density at radius 2 is 2.10 bits per heavy atom. The second kappa shape index (κ2) is 8.53. The molecule has 2 N–H and O–H groups in total. The van der Waals surface area contributed by atoms with E-state index in [9.17, 15) is 9.59 Å². The molecule has 0 saturated carbocycles. The number of nitriles is 1. The number of nitrogens with one attached hydrogen (secondary N) is 2. The molecule has 10 heteroatoms. The monoisotopic (exact) mass is 428 g/mol. The fraction of sp³-hybridized carbons (Fsp3) is 0.476. The average molecular weight is 428 g/mol. The molecule has 1 aromatic carbocycles. The van der Waals surface area contributed by atoms with Crippen molar-refractivity contribution in [3.05, 3.63) is 33.9 Å². The predicted octanol–water partition coefficient (Wildman–Crippen LogP) is 0.994. The van der Waals surface area contributed by atoms with E-state index in [1.165, 1.54) is 12.3 Å². The Kier molecular flexibility index (Phi) is 5.80. The fourth-order valence-electron chi connectivity index (χ4n) is 4.03. The van der Waals surface area contributed by atoms with Crippen LogP contribution >= 0.6 is 0 Å². The Hall–Kier alpha value is -3.16. The Bertz CT molecular complexity index is 1120. The summed E-state index contributed by atoms with van der Waals surface area (Å²) in [5, 5.41) is 8.70. The average Bonchev–Trinajstić information content (AvgIpc) is 2.75. The lowest BCUT2D eigenvalue weighted by atomic mass is 10.0. The third kappa shape index (κ3) is 3.82. The van der Waals surface area contributed by atoms with E-state index in [-0.39, 0.29) is 30.0 Å². The van der Waals surface area contributed by atoms with Crippen LogP contribution in [0.25, 0.3) is 10.9 Å². The summed E-state index contributed by atoms with van der Waals surface area (Å²) in [6.07, 6.45) is 1.72. The molecule has 1 saturated heterocycles. The van der Waals surface area contributed by atoms with Crippen molar-refractivity contribution in [1.82, 2.24) is 20.3 Å². The maximum absolute atomic E-state index is 15.3. The second-order valence-corrected chi connectivity index (χ2v) is 7.95. The molecule has 1 aromatic heterocycles. The van der Waals surface area contributed by atoms with Gasteiger partial charge in [-0.05, 0) is 20.0 Å². The Morgan fingerprint density at radius 3 is 2.81 bits per heavy atom. The molecule has 2 aliphatic rings. The number of amides is 1. The predicted molar refractivity (Wildman–Crippen MR) is 114 cm³/mol. The second-order valence-electron chi connectivity index (χ2n) is 7.95. The fourth-order valence-corrected chi connectivity index (χ4v) is 4.03. The van der Waals surface area contributed by atoms with Gasteiger partial charge in [-0.3, -0.25) is 15.0 Å². The molecule has 0 radical (unpaired) electrons. The summed E-state index contributed by atoms with van der Waals surface area (Å²) < 4.78 is 23.0. The largest absolute Gasteiger partial charge is 0.487 e. The van der Waals surface area contributed by atoms with Gasteiger partial charge in [0.2, 0.25) is 5.43 Å². The lowest BCUT2D eigenvalue weighted by Gasteiger charge is -2.37. The van der Waals surface area contributed by atoms with Gasteiger partial charge < -0.3 is 19.1 Å². The minimum Gasteiger partial charge on any atom is -0.487 e. The van der Waals surface area contributed by atoms with Crippen molar-refractivity contribution in [2.45, 2.75) is 19.4 Å². The van der Waals surface area contributed by atoms with Crippen molar-refractivity contribution in [2.75, 3.05) is 51.3 Å². The molecule has 164 valence electrons. The molecule has 2 aliphatic heterocycles. The number of halogens is 1. The molecule has 1 atom stereocenters. The first-order chi connectivity index (χ1) is 14.9. The highest BCUT2D eigenvalue weighted by Gasteiger charge is 2.31. The summed E-state index contributed by atoms with van der Waals surface area (Å²) >= 11 is 0. The van der Waals surface area contributed by atoms with E-state index in [4.69, 9.17) is 10.00 Å². The highest BCUT2D eigenvalue weighted by molar-refractivity contribution is 5.99. The minimum absolute atomic E-state index is 0.0941. The summed E-state index contributed by atoms with van der Waals surface area (Å²) in [4.78, 5) is 29.8. The van der Waals surface area contributed by atoms with Crippen molar-refractivity contribution in [2.24, 2.45) is 0 Å². The van der Waals surface area contributed by atoms with Crippen LogP contribution in [0.4, 0.5) is 10.1 Å². The maximum Gasteiger partial charge on any atom is 0.270 e. The van der Waals surface area contributed by atoms with Crippen LogP contribution in [-0.2, 0) is 0 Å². The van der Waals surface area contributed by atoms with Crippen molar-refractivity contribution in [1.29, 1.82) is 5.26 Å². The van der Waals surface area contributed by atoms with Gasteiger partial charge in [0, 0.05) is 45.3 Å². The van der Waals surface area contributed by atoms with E-state index < -0.39 is 17.2 Å². The zero-order valence-electron chi connectivity index (χ0n) is 17.6. The van der Waals surface area contributed by atoms with Crippen LogP contribution in [0.2, 0.25) is 0 Å². The van der Waals surface area contributed by atoms with Crippen molar-refractivity contribution in [3.8, 4) is 11.8 Å². The number of carbonyl (C=O) groups is 1. The van der Waals surface area contributed by atoms with Gasteiger partial charge >= 0.3 is 0 Å². The first-order valence-electron chi connectivity index (χ1n) is 10.3. The SMILES string of the molecule is C[C@H]1COc2c(N3CCN(C)CC3)c(F)cc3c(=O)c(C(=O)NNCCC#N)cn1c23. The molecule has 3 heterocycles. The van der Waals surface area contributed by atoms with E-state index in [2.05, 4.69) is 15.8 Å². The molecule has 31 heavy (non-hydrogen) atoms. The maximum atomic E-state index is 15.3. The van der Waals surface area contributed by atoms with E-state index in [0.29, 0.717) is 36.6 Å². The summed E-state index contributed by atoms with van der Waals surface area (Å²) in [5.74, 6) is -0.804. The molecule has 0 unspecified atom stereocenters. The highest BCUT2D eigenvalue weighted by atomic mass is 19.1. The Morgan fingerprint density at radius 1 is 1.35 bits per heavy atom. The van der Waals surface area contributed by atoms with E-state index >= 15 is 4.39 Å². The lowest BCUT2D eigenvalue weighted by Crippen LogP contribution is -2.45. The van der Waals surface area contributed by atoms with Gasteiger partial charge in [-0.2, -0.15) is 5.26 Å². The molecule has 1 amide bonds. The summed E-state index contributed by atoms with van der Waals surface area (Å²) in [6.45, 7) is 5.39. The molecule has 4 rings (SSSR count). The number of aromatic nitrogens is 1. The summed E-state index contributed by atoms with van der Waals surface area (Å²) in [5.41, 5.74) is 5.27. The molecule has 0 aliphatic carbocycles. The zero-order chi connectivity index (χ0) is 22.1. The van der Waals surface area contributed by atoms with Crippen LogP contribution in [0.3, 0.4) is 0 Å². The summed E-state index contributed by atoms with van der Waals surface area (Å²) in [7, 11) is 2.02. The summed E-state index contributed by atoms with van der Waals surface area (Å²) in [6, 6.07) is 3.03. The van der Waals surface area contributed by atoms with Crippen molar-refractivity contribution in [3.63, 3.8) is 0 Å². The molecule has 9 nitrogen and oxygen atoms in total. The van der Waals surface area contributed by atoms with E-state index in [0.717, 1.165) is 13.1 Å². The Balaban J connectivity index is 1.81. The number of rotatable bonds is 5. The number of hydrogen-bond donors (Lipinski definition) is 2. The first-order valence-corrected chi connectivity index (χ1v) is 10.3. The molecule has 0 spiro atoms. The molecular formula is C21H25FN6O3. The smallest absolute Gasteiger partial charge is 0.270 e. The number of carbonyl (C=O) groups excluding carboxylic acids is 1. The lowest BCUT2D eigenvalue weighted by molar-refractivity contribution is 0.0931. The van der Waals surface area contributed by atoms with Gasteiger partial charge in [-0.15, -0.1) is 0 Å². The zero-order valence-corrected chi connectivity index (χ0v) is 17.6. The van der Waals surface area contributed by atoms with Gasteiger partial charge in [0.1, 0.15) is 17.9 Å². The van der Waals surface area contributed by atoms with Gasteiger partial charge in [-0.1, -0.05) is 0 Å². The Labute approximate surface area is 178 Å². The van der Waals surface area contributed by atoms with Crippen LogP contribution in [0.15, 0.2) is 17.1 Å². The third-order valence-corrected chi connectivity index (χ3v) is 5.77. The molecular weight excluding hydrogens is 403 g/mol. The number of ether oxygens (including phenoxy) is 1. The standard InChI is InChI=1S/C21H25FN6O3/c1-13-12-31-20-17-14(10-16(22)18(20)27-8-6-26(2)7-9-27)19(29)15(11-28(13)17)21(30)25-24-5-3-4-23/h10-11,13,24H,3,5-9,12H2,1-2H3,(H,25,30)/t13-/m0/s1. The van der Waals surface area contributed by atoms with Gasteiger partial charge in [0.15, 0.2) is 11.6 Å².